The van der Waals surface area contributed by atoms with E-state index in [0.29, 0.717) is 6.08 Å². The van der Waals surface area contributed by atoms with E-state index in [1.165, 1.54) is 13.0 Å². The molecular formula is C23H27F3O3. The van der Waals surface area contributed by atoms with Gasteiger partial charge in [-0.2, -0.15) is 13.2 Å². The number of methoxy groups -OCH3 is 1. The van der Waals surface area contributed by atoms with Crippen LogP contribution in [0.3, 0.4) is 0 Å². The van der Waals surface area contributed by atoms with Crippen LogP contribution in [0.5, 0.6) is 5.75 Å². The molecule has 0 bridgehead atoms. The van der Waals surface area contributed by atoms with Gasteiger partial charge in [0.1, 0.15) is 5.75 Å². The number of rotatable bonds is 7. The molecule has 0 heterocycles. The molecule has 0 aliphatic rings. The van der Waals surface area contributed by atoms with E-state index in [1.54, 1.807) is 20.1 Å². The predicted octanol–water partition coefficient (Wildman–Crippen LogP) is 6.19. The molecule has 0 saturated heterocycles. The monoisotopic (exact) mass is 408 g/mol. The molecule has 0 saturated carbocycles. The first kappa shape index (κ1) is 24.3. The van der Waals surface area contributed by atoms with Crippen molar-refractivity contribution in [2.24, 2.45) is 0 Å². The van der Waals surface area contributed by atoms with Crippen molar-refractivity contribution in [2.75, 3.05) is 13.7 Å². The third-order valence-corrected chi connectivity index (χ3v) is 4.36. The number of halogens is 3. The van der Waals surface area contributed by atoms with Crippen LogP contribution in [0.1, 0.15) is 36.1 Å². The number of hydrogen-bond acceptors (Lipinski definition) is 3. The van der Waals surface area contributed by atoms with Crippen molar-refractivity contribution in [3.63, 3.8) is 0 Å². The summed E-state index contributed by atoms with van der Waals surface area (Å²) >= 11 is 0. The zero-order valence-corrected chi connectivity index (χ0v) is 17.6. The lowest BCUT2D eigenvalue weighted by Crippen LogP contribution is -2.13. The number of ether oxygens (including phenoxy) is 2. The van der Waals surface area contributed by atoms with Crippen molar-refractivity contribution in [2.45, 2.75) is 40.8 Å². The first-order valence-electron chi connectivity index (χ1n) is 9.14. The van der Waals surface area contributed by atoms with Crippen molar-refractivity contribution in [3.05, 3.63) is 69.8 Å². The number of allylic oxidation sites excluding steroid dienone is 6. The molecule has 1 aromatic rings. The fourth-order valence-electron chi connectivity index (χ4n) is 2.64. The average molecular weight is 408 g/mol. The summed E-state index contributed by atoms with van der Waals surface area (Å²) < 4.78 is 49.0. The molecular weight excluding hydrogens is 381 g/mol. The molecule has 158 valence electrons. The Morgan fingerprint density at radius 2 is 1.79 bits per heavy atom. The maximum Gasteiger partial charge on any atom is 0.416 e. The molecule has 29 heavy (non-hydrogen) atoms. The van der Waals surface area contributed by atoms with Crippen molar-refractivity contribution >= 4 is 12.0 Å². The second-order valence-electron chi connectivity index (χ2n) is 6.51. The van der Waals surface area contributed by atoms with Gasteiger partial charge in [-0.05, 0) is 69.0 Å². The molecule has 0 aliphatic heterocycles. The van der Waals surface area contributed by atoms with Crippen LogP contribution < -0.4 is 4.74 Å². The molecule has 0 fully saturated rings. The van der Waals surface area contributed by atoms with Gasteiger partial charge in [0, 0.05) is 6.08 Å². The number of hydrogen-bond donors (Lipinski definition) is 0. The first-order chi connectivity index (χ1) is 13.5. The Bertz CT molecular complexity index is 857. The van der Waals surface area contributed by atoms with E-state index in [1.807, 2.05) is 39.0 Å². The SMILES string of the molecule is CCOC(=O)C=C(C=CC=C(C)C=Cc1c(C)cc(OC)c(C)c1C)C(F)(F)F. The standard InChI is InChI=1S/C23H27F3O3/c1-7-29-22(27)14-19(23(24,25)26)10-8-9-15(2)11-12-20-16(3)13-21(28-6)18(5)17(20)4/h8-14H,7H2,1-6H3. The lowest BCUT2D eigenvalue weighted by molar-refractivity contribution is -0.138. The molecule has 0 N–H and O–H groups in total. The largest absolute Gasteiger partial charge is 0.496 e. The van der Waals surface area contributed by atoms with Crippen LogP contribution in [0.15, 0.2) is 47.6 Å². The van der Waals surface area contributed by atoms with Crippen LogP contribution in [0.25, 0.3) is 6.08 Å². The Morgan fingerprint density at radius 3 is 2.34 bits per heavy atom. The summed E-state index contributed by atoms with van der Waals surface area (Å²) in [6, 6.07) is 1.96. The molecule has 0 atom stereocenters. The molecule has 3 nitrogen and oxygen atoms in total. The van der Waals surface area contributed by atoms with Crippen LogP contribution in [0.2, 0.25) is 0 Å². The van der Waals surface area contributed by atoms with E-state index < -0.39 is 17.7 Å². The Kier molecular flexibility index (Phi) is 8.95. The maximum absolute atomic E-state index is 13.0. The van der Waals surface area contributed by atoms with E-state index in [2.05, 4.69) is 4.74 Å². The number of carbonyl (C=O) groups is 1. The number of esters is 1. The minimum atomic E-state index is -4.64. The summed E-state index contributed by atoms with van der Waals surface area (Å²) in [5, 5.41) is 0. The van der Waals surface area contributed by atoms with Gasteiger partial charge in [0.15, 0.2) is 0 Å². The van der Waals surface area contributed by atoms with Crippen LogP contribution in [-0.4, -0.2) is 25.9 Å². The van der Waals surface area contributed by atoms with Crippen molar-refractivity contribution in [1.29, 1.82) is 0 Å². The van der Waals surface area contributed by atoms with Gasteiger partial charge < -0.3 is 9.47 Å². The smallest absolute Gasteiger partial charge is 0.416 e. The third kappa shape index (κ3) is 7.29. The highest BCUT2D eigenvalue weighted by Crippen LogP contribution is 2.29. The van der Waals surface area contributed by atoms with Gasteiger partial charge in [0.05, 0.1) is 19.3 Å². The molecule has 6 heteroatoms. The zero-order valence-electron chi connectivity index (χ0n) is 17.6. The van der Waals surface area contributed by atoms with E-state index in [4.69, 9.17) is 4.74 Å². The third-order valence-electron chi connectivity index (χ3n) is 4.36. The summed E-state index contributed by atoms with van der Waals surface area (Å²) in [5.41, 5.74) is 3.89. The van der Waals surface area contributed by atoms with Crippen molar-refractivity contribution in [1.82, 2.24) is 0 Å². The summed E-state index contributed by atoms with van der Waals surface area (Å²) in [6.07, 6.45) is 3.22. The second kappa shape index (κ2) is 10.7. The topological polar surface area (TPSA) is 35.5 Å². The molecule has 1 rings (SSSR count). The molecule has 0 aromatic heterocycles. The van der Waals surface area contributed by atoms with Gasteiger partial charge in [-0.1, -0.05) is 29.9 Å². The Hall–Kier alpha value is -2.76. The molecule has 0 spiro atoms. The molecule has 0 unspecified atom stereocenters. The highest BCUT2D eigenvalue weighted by atomic mass is 19.4. The summed E-state index contributed by atoms with van der Waals surface area (Å²) in [4.78, 5) is 11.3. The Balaban J connectivity index is 3.06. The van der Waals surface area contributed by atoms with E-state index in [9.17, 15) is 18.0 Å². The minimum Gasteiger partial charge on any atom is -0.496 e. The van der Waals surface area contributed by atoms with Crippen molar-refractivity contribution < 1.29 is 27.4 Å². The summed E-state index contributed by atoms with van der Waals surface area (Å²) in [7, 11) is 1.63. The number of benzene rings is 1. The van der Waals surface area contributed by atoms with Gasteiger partial charge in [-0.3, -0.25) is 0 Å². The molecule has 0 radical (unpaired) electrons. The van der Waals surface area contributed by atoms with Gasteiger partial charge in [0.2, 0.25) is 0 Å². The van der Waals surface area contributed by atoms with Crippen LogP contribution >= 0.6 is 0 Å². The number of aryl methyl sites for hydroxylation is 1. The van der Waals surface area contributed by atoms with Gasteiger partial charge >= 0.3 is 12.1 Å². The Labute approximate surface area is 170 Å². The van der Waals surface area contributed by atoms with E-state index in [-0.39, 0.29) is 6.61 Å². The quantitative estimate of drug-likeness (QED) is 0.307. The van der Waals surface area contributed by atoms with Gasteiger partial charge in [-0.15, -0.1) is 0 Å². The zero-order chi connectivity index (χ0) is 22.2. The fourth-order valence-corrected chi connectivity index (χ4v) is 2.64. The van der Waals surface area contributed by atoms with E-state index >= 15 is 0 Å². The lowest BCUT2D eigenvalue weighted by atomic mass is 9.96. The van der Waals surface area contributed by atoms with Crippen LogP contribution in [0.4, 0.5) is 13.2 Å². The molecule has 0 amide bonds. The second-order valence-corrected chi connectivity index (χ2v) is 6.51. The van der Waals surface area contributed by atoms with Crippen LogP contribution in [0, 0.1) is 20.8 Å². The lowest BCUT2D eigenvalue weighted by Gasteiger charge is -2.13. The normalized spacial score (nSPS) is 13.4. The average Bonchev–Trinajstić information content (AvgIpc) is 2.63. The van der Waals surface area contributed by atoms with Gasteiger partial charge in [0.25, 0.3) is 0 Å². The number of carbonyl (C=O) groups excluding carboxylic acids is 1. The maximum atomic E-state index is 13.0. The van der Waals surface area contributed by atoms with E-state index in [0.717, 1.165) is 39.7 Å². The minimum absolute atomic E-state index is 0.0116. The first-order valence-corrected chi connectivity index (χ1v) is 9.14. The van der Waals surface area contributed by atoms with Crippen molar-refractivity contribution in [3.8, 4) is 5.75 Å². The molecule has 1 aromatic carbocycles. The highest BCUT2D eigenvalue weighted by molar-refractivity contribution is 5.83. The molecule has 0 aliphatic carbocycles. The van der Waals surface area contributed by atoms with Crippen LogP contribution in [-0.2, 0) is 9.53 Å². The summed E-state index contributed by atoms with van der Waals surface area (Å²) in [5.74, 6) is -0.202. The predicted molar refractivity (Wildman–Crippen MR) is 110 cm³/mol. The summed E-state index contributed by atoms with van der Waals surface area (Å²) in [6.45, 7) is 9.27. The Morgan fingerprint density at radius 1 is 1.14 bits per heavy atom. The number of alkyl halides is 3. The van der Waals surface area contributed by atoms with Gasteiger partial charge in [-0.25, -0.2) is 4.79 Å². The fraction of sp³-hybridized carbons (Fsp3) is 0.348. The highest BCUT2D eigenvalue weighted by Gasteiger charge is 2.32.